The highest BCUT2D eigenvalue weighted by Gasteiger charge is 2.29. The van der Waals surface area contributed by atoms with Crippen molar-refractivity contribution < 1.29 is 22.7 Å². The lowest BCUT2D eigenvalue weighted by molar-refractivity contribution is -0.140. The highest BCUT2D eigenvalue weighted by molar-refractivity contribution is 8.00. The minimum atomic E-state index is -4.23. The Morgan fingerprint density at radius 1 is 1.37 bits per heavy atom. The van der Waals surface area contributed by atoms with Crippen LogP contribution in [0.15, 0.2) is 24.3 Å². The monoisotopic (exact) mass is 312 g/mol. The van der Waals surface area contributed by atoms with E-state index in [9.17, 15) is 18.0 Å². The first-order chi connectivity index (χ1) is 8.83. The van der Waals surface area contributed by atoms with Crippen LogP contribution in [0.5, 0.6) is 0 Å². The van der Waals surface area contributed by atoms with E-state index < -0.39 is 23.8 Å². The van der Waals surface area contributed by atoms with Crippen LogP contribution in [-0.4, -0.2) is 25.0 Å². The number of ether oxygens (including phenoxy) is 1. The van der Waals surface area contributed by atoms with Crippen molar-refractivity contribution in [1.82, 2.24) is 0 Å². The summed E-state index contributed by atoms with van der Waals surface area (Å²) in [4.78, 5) is 11.6. The van der Waals surface area contributed by atoms with Crippen molar-refractivity contribution in [3.8, 4) is 0 Å². The molecule has 0 aliphatic rings. The van der Waals surface area contributed by atoms with E-state index in [1.165, 1.54) is 7.11 Å². The van der Waals surface area contributed by atoms with Crippen molar-refractivity contribution in [3.63, 3.8) is 0 Å². The maximum Gasteiger partial charge on any atom is 0.389 e. The summed E-state index contributed by atoms with van der Waals surface area (Å²) in [5.74, 6) is -0.777. The molecule has 106 valence electrons. The summed E-state index contributed by atoms with van der Waals surface area (Å²) in [7, 11) is 1.20. The molecule has 0 saturated carbocycles. The van der Waals surface area contributed by atoms with Gasteiger partial charge in [-0.2, -0.15) is 13.2 Å². The lowest BCUT2D eigenvalue weighted by Gasteiger charge is -2.15. The number of hydrogen-bond donors (Lipinski definition) is 0. The number of carbonyl (C=O) groups excluding carboxylic acids is 1. The van der Waals surface area contributed by atoms with Gasteiger partial charge in [0.2, 0.25) is 0 Å². The lowest BCUT2D eigenvalue weighted by atomic mass is 10.1. The molecule has 0 heterocycles. The number of thioether (sulfide) groups is 1. The van der Waals surface area contributed by atoms with Gasteiger partial charge in [0, 0.05) is 10.8 Å². The van der Waals surface area contributed by atoms with Gasteiger partial charge in [-0.05, 0) is 17.7 Å². The van der Waals surface area contributed by atoms with E-state index >= 15 is 0 Å². The first-order valence-corrected chi connectivity index (χ1v) is 6.78. The Kier molecular flexibility index (Phi) is 6.00. The van der Waals surface area contributed by atoms with E-state index in [1.54, 1.807) is 24.3 Å². The summed E-state index contributed by atoms with van der Waals surface area (Å²) in [6.45, 7) is 0. The summed E-state index contributed by atoms with van der Waals surface area (Å²) in [6, 6.07) is 6.36. The first-order valence-electron chi connectivity index (χ1n) is 5.35. The largest absolute Gasteiger partial charge is 0.468 e. The van der Waals surface area contributed by atoms with Crippen LogP contribution >= 0.6 is 23.4 Å². The maximum absolute atomic E-state index is 12.1. The Morgan fingerprint density at radius 2 is 1.95 bits per heavy atom. The zero-order valence-electron chi connectivity index (χ0n) is 10.0. The molecule has 0 amide bonds. The van der Waals surface area contributed by atoms with Gasteiger partial charge in [0.25, 0.3) is 0 Å². The van der Waals surface area contributed by atoms with Crippen LogP contribution in [0.2, 0.25) is 5.02 Å². The zero-order chi connectivity index (χ0) is 14.5. The Bertz CT molecular complexity index is 420. The van der Waals surface area contributed by atoms with Crippen molar-refractivity contribution in [2.24, 2.45) is 0 Å². The zero-order valence-corrected chi connectivity index (χ0v) is 11.6. The fourth-order valence-corrected chi connectivity index (χ4v) is 2.63. The van der Waals surface area contributed by atoms with Crippen LogP contribution < -0.4 is 0 Å². The van der Waals surface area contributed by atoms with Gasteiger partial charge in [0.05, 0.1) is 13.5 Å². The predicted octanol–water partition coefficient (Wildman–Crippen LogP) is 4.24. The van der Waals surface area contributed by atoms with Gasteiger partial charge in [0.1, 0.15) is 5.25 Å². The summed E-state index contributed by atoms with van der Waals surface area (Å²) in [6.07, 6.45) is -5.17. The number of methoxy groups -OCH3 is 1. The number of alkyl halides is 3. The fourth-order valence-electron chi connectivity index (χ4n) is 1.34. The number of rotatable bonds is 5. The number of hydrogen-bond acceptors (Lipinski definition) is 3. The van der Waals surface area contributed by atoms with Crippen molar-refractivity contribution in [1.29, 1.82) is 0 Å². The molecule has 0 aliphatic heterocycles. The molecule has 0 aliphatic carbocycles. The molecule has 7 heteroatoms. The number of carbonyl (C=O) groups is 1. The van der Waals surface area contributed by atoms with Crippen molar-refractivity contribution in [2.45, 2.75) is 17.8 Å². The van der Waals surface area contributed by atoms with E-state index in [0.29, 0.717) is 10.6 Å². The first kappa shape index (κ1) is 16.2. The SMILES string of the molecule is COC(=O)C(SCCC(F)(F)F)c1ccc(Cl)cc1. The topological polar surface area (TPSA) is 26.3 Å². The average Bonchev–Trinajstić information content (AvgIpc) is 2.34. The molecule has 0 fully saturated rings. The number of benzene rings is 1. The lowest BCUT2D eigenvalue weighted by Crippen LogP contribution is -2.14. The second kappa shape index (κ2) is 7.05. The Balaban J connectivity index is 2.73. The normalized spacial score (nSPS) is 13.1. The van der Waals surface area contributed by atoms with E-state index in [0.717, 1.165) is 11.8 Å². The standard InChI is InChI=1S/C12H12ClF3O2S/c1-18-11(17)10(19-7-6-12(14,15)16)8-2-4-9(13)5-3-8/h2-5,10H,6-7H2,1H3. The molecule has 19 heavy (non-hydrogen) atoms. The van der Waals surface area contributed by atoms with Crippen LogP contribution in [0.3, 0.4) is 0 Å². The molecule has 1 aromatic rings. The molecule has 1 rings (SSSR count). The van der Waals surface area contributed by atoms with E-state index in [2.05, 4.69) is 4.74 Å². The molecule has 2 nitrogen and oxygen atoms in total. The van der Waals surface area contributed by atoms with Gasteiger partial charge < -0.3 is 4.74 Å². The quantitative estimate of drug-likeness (QED) is 0.761. The van der Waals surface area contributed by atoms with Crippen LogP contribution in [0.1, 0.15) is 17.2 Å². The molecule has 1 unspecified atom stereocenters. The molecule has 1 aromatic carbocycles. The highest BCUT2D eigenvalue weighted by atomic mass is 35.5. The molecule has 0 spiro atoms. The smallest absolute Gasteiger partial charge is 0.389 e. The molecule has 0 N–H and O–H groups in total. The Hall–Kier alpha value is -0.880. The predicted molar refractivity (Wildman–Crippen MR) is 69.3 cm³/mol. The van der Waals surface area contributed by atoms with Gasteiger partial charge in [-0.1, -0.05) is 23.7 Å². The van der Waals surface area contributed by atoms with E-state index in [1.807, 2.05) is 0 Å². The molecule has 0 saturated heterocycles. The van der Waals surface area contributed by atoms with Crippen molar-refractivity contribution >= 4 is 29.3 Å². The molecular weight excluding hydrogens is 301 g/mol. The number of halogens is 4. The minimum Gasteiger partial charge on any atom is -0.468 e. The highest BCUT2D eigenvalue weighted by Crippen LogP contribution is 2.33. The summed E-state index contributed by atoms with van der Waals surface area (Å²) in [5, 5.41) is -0.280. The summed E-state index contributed by atoms with van der Waals surface area (Å²) >= 11 is 6.62. The van der Waals surface area contributed by atoms with Gasteiger partial charge in [-0.25, -0.2) is 0 Å². The van der Waals surface area contributed by atoms with Gasteiger partial charge >= 0.3 is 12.1 Å². The van der Waals surface area contributed by atoms with Gasteiger partial charge in [-0.15, -0.1) is 11.8 Å². The van der Waals surface area contributed by atoms with Crippen LogP contribution in [0.25, 0.3) is 0 Å². The third-order valence-corrected chi connectivity index (χ3v) is 3.75. The van der Waals surface area contributed by atoms with Crippen LogP contribution in [0, 0.1) is 0 Å². The summed E-state index contributed by atoms with van der Waals surface area (Å²) < 4.78 is 40.9. The molecule has 1 atom stereocenters. The van der Waals surface area contributed by atoms with Crippen LogP contribution in [-0.2, 0) is 9.53 Å². The molecule has 0 aromatic heterocycles. The third kappa shape index (κ3) is 5.74. The fraction of sp³-hybridized carbons (Fsp3) is 0.417. The summed E-state index contributed by atoms with van der Waals surface area (Å²) in [5.41, 5.74) is 0.573. The Morgan fingerprint density at radius 3 is 2.42 bits per heavy atom. The molecular formula is C12H12ClF3O2S. The second-order valence-electron chi connectivity index (χ2n) is 3.69. The minimum absolute atomic E-state index is 0.202. The molecule has 0 radical (unpaired) electrons. The van der Waals surface area contributed by atoms with Gasteiger partial charge in [0.15, 0.2) is 0 Å². The van der Waals surface area contributed by atoms with Crippen molar-refractivity contribution in [3.05, 3.63) is 34.9 Å². The van der Waals surface area contributed by atoms with Crippen molar-refractivity contribution in [2.75, 3.05) is 12.9 Å². The average molecular weight is 313 g/mol. The third-order valence-electron chi connectivity index (χ3n) is 2.26. The van der Waals surface area contributed by atoms with Crippen LogP contribution in [0.4, 0.5) is 13.2 Å². The molecule has 0 bridgehead atoms. The second-order valence-corrected chi connectivity index (χ2v) is 5.34. The van der Waals surface area contributed by atoms with Gasteiger partial charge in [-0.3, -0.25) is 4.79 Å². The van der Waals surface area contributed by atoms with E-state index in [4.69, 9.17) is 11.6 Å². The Labute approximate surface area is 118 Å². The maximum atomic E-state index is 12.1. The van der Waals surface area contributed by atoms with E-state index in [-0.39, 0.29) is 5.75 Å². The number of esters is 1.